The van der Waals surface area contributed by atoms with Gasteiger partial charge in [-0.05, 0) is 45.4 Å². The van der Waals surface area contributed by atoms with Crippen molar-refractivity contribution in [3.63, 3.8) is 0 Å². The highest BCUT2D eigenvalue weighted by molar-refractivity contribution is 6.16. The first-order valence-electron chi connectivity index (χ1n) is 10.3. The number of carbonyl (C=O) groups is 3. The van der Waals surface area contributed by atoms with E-state index in [-0.39, 0.29) is 17.7 Å². The van der Waals surface area contributed by atoms with Crippen LogP contribution in [-0.2, 0) is 20.4 Å². The number of alkyl carbamates (subject to hydrolysis) is 1. The van der Waals surface area contributed by atoms with Crippen LogP contribution in [0, 0.1) is 0 Å². The van der Waals surface area contributed by atoms with E-state index >= 15 is 4.39 Å². The minimum absolute atomic E-state index is 0.207. The van der Waals surface area contributed by atoms with Gasteiger partial charge < -0.3 is 14.8 Å². The molecule has 0 aliphatic carbocycles. The first-order valence-corrected chi connectivity index (χ1v) is 10.3. The molecule has 1 amide bonds. The Kier molecular flexibility index (Phi) is 8.07. The highest BCUT2D eigenvalue weighted by Gasteiger charge is 2.56. The van der Waals surface area contributed by atoms with Gasteiger partial charge in [-0.25, -0.2) is 14.0 Å². The molecule has 0 heterocycles. The zero-order valence-electron chi connectivity index (χ0n) is 19.0. The average molecular weight is 483 g/mol. The lowest BCUT2D eigenvalue weighted by molar-refractivity contribution is -0.155. The number of nitrogens with one attached hydrogen (secondary N) is 1. The van der Waals surface area contributed by atoms with Crippen molar-refractivity contribution < 1.29 is 41.4 Å². The molecule has 2 atom stereocenters. The molecule has 0 aliphatic rings. The maximum Gasteiger partial charge on any atom is 0.416 e. The summed E-state index contributed by atoms with van der Waals surface area (Å²) in [5.74, 6) is -2.95. The second kappa shape index (κ2) is 10.2. The zero-order valence-corrected chi connectivity index (χ0v) is 19.0. The lowest BCUT2D eigenvalue weighted by Crippen LogP contribution is -2.55. The van der Waals surface area contributed by atoms with Gasteiger partial charge in [-0.15, -0.1) is 0 Å². The fourth-order valence-electron chi connectivity index (χ4n) is 3.08. The van der Waals surface area contributed by atoms with E-state index in [0.717, 1.165) is 12.1 Å². The Morgan fingerprint density at radius 2 is 1.47 bits per heavy atom. The molecule has 34 heavy (non-hydrogen) atoms. The number of amides is 1. The Morgan fingerprint density at radius 3 is 1.94 bits per heavy atom. The van der Waals surface area contributed by atoms with Crippen LogP contribution in [-0.4, -0.2) is 35.7 Å². The minimum Gasteiger partial charge on any atom is -0.463 e. The molecule has 1 N–H and O–H groups in total. The molecule has 0 radical (unpaired) electrons. The van der Waals surface area contributed by atoms with E-state index in [4.69, 9.17) is 9.47 Å². The monoisotopic (exact) mass is 483 g/mol. The maximum atomic E-state index is 16.6. The van der Waals surface area contributed by atoms with Crippen molar-refractivity contribution in [1.29, 1.82) is 0 Å². The number of rotatable bonds is 7. The van der Waals surface area contributed by atoms with Gasteiger partial charge in [0.2, 0.25) is 5.78 Å². The van der Waals surface area contributed by atoms with Crippen LogP contribution in [0.4, 0.5) is 22.4 Å². The van der Waals surface area contributed by atoms with E-state index in [1.54, 1.807) is 6.07 Å². The molecule has 0 unspecified atom stereocenters. The number of hydrogen-bond donors (Lipinski definition) is 1. The molecule has 0 bridgehead atoms. The van der Waals surface area contributed by atoms with E-state index in [2.05, 4.69) is 5.32 Å². The molecule has 0 aliphatic heterocycles. The number of alkyl halides is 4. The van der Waals surface area contributed by atoms with Crippen molar-refractivity contribution in [3.05, 3.63) is 71.3 Å². The summed E-state index contributed by atoms with van der Waals surface area (Å²) in [6.45, 7) is 5.69. The van der Waals surface area contributed by atoms with Gasteiger partial charge in [0.25, 0.3) is 5.67 Å². The third kappa shape index (κ3) is 6.33. The third-order valence-electron chi connectivity index (χ3n) is 4.57. The number of esters is 1. The lowest BCUT2D eigenvalue weighted by Gasteiger charge is -2.32. The van der Waals surface area contributed by atoms with Crippen LogP contribution >= 0.6 is 0 Å². The normalized spacial score (nSPS) is 14.5. The van der Waals surface area contributed by atoms with Crippen LogP contribution in [0.25, 0.3) is 0 Å². The largest absolute Gasteiger partial charge is 0.463 e. The first kappa shape index (κ1) is 26.8. The fourth-order valence-corrected chi connectivity index (χ4v) is 3.08. The number of Topliss-reactive ketones (excluding diaryl/α,β-unsaturated/α-hetero) is 1. The Hall–Kier alpha value is -3.43. The summed E-state index contributed by atoms with van der Waals surface area (Å²) in [6, 6.07) is 7.94. The summed E-state index contributed by atoms with van der Waals surface area (Å²) in [5, 5.41) is 2.14. The second-order valence-electron chi connectivity index (χ2n) is 8.33. The summed E-state index contributed by atoms with van der Waals surface area (Å²) >= 11 is 0. The number of benzene rings is 2. The smallest absolute Gasteiger partial charge is 0.416 e. The lowest BCUT2D eigenvalue weighted by atomic mass is 9.83. The van der Waals surface area contributed by atoms with Gasteiger partial charge in [-0.2, -0.15) is 13.2 Å². The molecule has 2 aromatic rings. The minimum atomic E-state index is -4.68. The van der Waals surface area contributed by atoms with Crippen LogP contribution in [0.1, 0.15) is 55.2 Å². The highest BCUT2D eigenvalue weighted by Crippen LogP contribution is 2.37. The third-order valence-corrected chi connectivity index (χ3v) is 4.57. The quantitative estimate of drug-likeness (QED) is 0.246. The molecule has 0 saturated carbocycles. The van der Waals surface area contributed by atoms with Gasteiger partial charge in [0.1, 0.15) is 11.6 Å². The predicted molar refractivity (Wildman–Crippen MR) is 115 cm³/mol. The summed E-state index contributed by atoms with van der Waals surface area (Å²) in [5.41, 5.74) is -6.07. The molecule has 0 aromatic heterocycles. The zero-order chi connectivity index (χ0) is 25.7. The molecule has 0 spiro atoms. The van der Waals surface area contributed by atoms with E-state index in [1.807, 2.05) is 0 Å². The molecule has 184 valence electrons. The van der Waals surface area contributed by atoms with Crippen molar-refractivity contribution in [3.8, 4) is 0 Å². The van der Waals surface area contributed by atoms with E-state index in [9.17, 15) is 27.6 Å². The maximum absolute atomic E-state index is 16.6. The number of ketones is 1. The van der Waals surface area contributed by atoms with Gasteiger partial charge in [-0.3, -0.25) is 4.79 Å². The van der Waals surface area contributed by atoms with E-state index < -0.39 is 46.9 Å². The number of halogens is 4. The summed E-state index contributed by atoms with van der Waals surface area (Å²) in [4.78, 5) is 38.6. The first-order chi connectivity index (χ1) is 15.7. The molecular weight excluding hydrogens is 458 g/mol. The van der Waals surface area contributed by atoms with Crippen LogP contribution < -0.4 is 5.32 Å². The molecule has 0 fully saturated rings. The van der Waals surface area contributed by atoms with Gasteiger partial charge >= 0.3 is 18.2 Å². The standard InChI is InChI=1S/C24H25F4NO5/c1-5-33-20(31)23(25,19(30)16-9-7-6-8-10-16)18(29-21(32)34-22(2,3)4)15-11-13-17(14-12-15)24(26,27)28/h6-14,18H,5H2,1-4H3,(H,29,32)/t18-,23-/m0/s1. The fraction of sp³-hybridized carbons (Fsp3) is 0.375. The number of carbonyl (C=O) groups excluding carboxylic acids is 3. The van der Waals surface area contributed by atoms with Crippen LogP contribution in [0.5, 0.6) is 0 Å². The van der Waals surface area contributed by atoms with Crippen molar-refractivity contribution in [2.75, 3.05) is 6.61 Å². The topological polar surface area (TPSA) is 81.7 Å². The molecule has 6 nitrogen and oxygen atoms in total. The second-order valence-corrected chi connectivity index (χ2v) is 8.33. The van der Waals surface area contributed by atoms with Crippen molar-refractivity contribution in [2.45, 2.75) is 51.2 Å². The molecular formula is C24H25F4NO5. The van der Waals surface area contributed by atoms with Gasteiger partial charge in [0.05, 0.1) is 12.2 Å². The van der Waals surface area contributed by atoms with Gasteiger partial charge in [-0.1, -0.05) is 42.5 Å². The molecule has 0 saturated heterocycles. The van der Waals surface area contributed by atoms with Crippen LogP contribution in [0.3, 0.4) is 0 Å². The van der Waals surface area contributed by atoms with Gasteiger partial charge in [0, 0.05) is 5.56 Å². The number of hydrogen-bond acceptors (Lipinski definition) is 5. The molecule has 2 rings (SSSR count). The molecule has 10 heteroatoms. The van der Waals surface area contributed by atoms with Gasteiger partial charge in [0.15, 0.2) is 0 Å². The predicted octanol–water partition coefficient (Wildman–Crippen LogP) is 5.43. The Balaban J connectivity index is 2.66. The number of ether oxygens (including phenoxy) is 2. The van der Waals surface area contributed by atoms with Crippen molar-refractivity contribution in [1.82, 2.24) is 5.32 Å². The van der Waals surface area contributed by atoms with Crippen LogP contribution in [0.2, 0.25) is 0 Å². The summed E-state index contributed by atoms with van der Waals surface area (Å²) in [7, 11) is 0. The van der Waals surface area contributed by atoms with Crippen LogP contribution in [0.15, 0.2) is 54.6 Å². The van der Waals surface area contributed by atoms with E-state index in [0.29, 0.717) is 12.1 Å². The Morgan fingerprint density at radius 1 is 0.912 bits per heavy atom. The summed E-state index contributed by atoms with van der Waals surface area (Å²) < 4.78 is 65.7. The molecule has 2 aromatic carbocycles. The Bertz CT molecular complexity index is 1020. The average Bonchev–Trinajstić information content (AvgIpc) is 2.75. The Labute approximate surface area is 194 Å². The van der Waals surface area contributed by atoms with Crippen molar-refractivity contribution >= 4 is 17.8 Å². The van der Waals surface area contributed by atoms with Crippen molar-refractivity contribution in [2.24, 2.45) is 0 Å². The SMILES string of the molecule is CCOC(=O)[C@@](F)(C(=O)c1ccccc1)[C@@H](NC(=O)OC(C)(C)C)c1ccc(C(F)(F)F)cc1. The highest BCUT2D eigenvalue weighted by atomic mass is 19.4. The summed E-state index contributed by atoms with van der Waals surface area (Å²) in [6.07, 6.45) is -5.87. The van der Waals surface area contributed by atoms with E-state index in [1.165, 1.54) is 52.0 Å².